The number of halogens is 1. The first-order valence-electron chi connectivity index (χ1n) is 5.96. The van der Waals surface area contributed by atoms with Crippen molar-refractivity contribution in [1.29, 1.82) is 0 Å². The largest absolute Gasteiger partial charge is 0.478 e. The van der Waals surface area contributed by atoms with Gasteiger partial charge in [0.05, 0.1) is 10.2 Å². The van der Waals surface area contributed by atoms with Crippen LogP contribution in [0.3, 0.4) is 0 Å². The first-order chi connectivity index (χ1) is 9.56. The quantitative estimate of drug-likeness (QED) is 0.879. The van der Waals surface area contributed by atoms with Crippen LogP contribution in [0.1, 0.15) is 15.9 Å². The molecule has 0 aliphatic heterocycles. The second-order valence-corrected chi connectivity index (χ2v) is 5.06. The molecule has 20 heavy (non-hydrogen) atoms. The molecule has 0 saturated carbocycles. The standard InChI is InChI=1S/C14H13BrN2O3/c15-12-6-11(14(19)20)8-17(12)9-13(18)16-7-10-4-2-1-3-5-10/h1-6,8H,7,9H2,(H,16,18)(H,19,20). The van der Waals surface area contributed by atoms with Crippen molar-refractivity contribution in [2.75, 3.05) is 0 Å². The smallest absolute Gasteiger partial charge is 0.337 e. The molecular formula is C14H13BrN2O3. The fourth-order valence-electron chi connectivity index (χ4n) is 1.72. The molecule has 0 atom stereocenters. The Bertz CT molecular complexity index is 623. The summed E-state index contributed by atoms with van der Waals surface area (Å²) < 4.78 is 2.11. The molecule has 0 spiro atoms. The number of carboxylic acids is 1. The predicted octanol–water partition coefficient (Wildman–Crippen LogP) is 2.27. The van der Waals surface area contributed by atoms with Crippen LogP contribution in [0.15, 0.2) is 47.2 Å². The minimum Gasteiger partial charge on any atom is -0.478 e. The lowest BCUT2D eigenvalue weighted by Gasteiger charge is -2.07. The van der Waals surface area contributed by atoms with Crippen molar-refractivity contribution >= 4 is 27.8 Å². The van der Waals surface area contributed by atoms with Crippen LogP contribution in [0, 0.1) is 0 Å². The van der Waals surface area contributed by atoms with E-state index in [9.17, 15) is 9.59 Å². The molecule has 2 N–H and O–H groups in total. The highest BCUT2D eigenvalue weighted by Crippen LogP contribution is 2.15. The van der Waals surface area contributed by atoms with Gasteiger partial charge in [-0.3, -0.25) is 4.79 Å². The third-order valence-electron chi connectivity index (χ3n) is 2.74. The molecule has 0 aliphatic carbocycles. The van der Waals surface area contributed by atoms with Gasteiger partial charge in [-0.2, -0.15) is 0 Å². The maximum atomic E-state index is 11.8. The van der Waals surface area contributed by atoms with Crippen LogP contribution in [0.5, 0.6) is 0 Å². The Morgan fingerprint density at radius 1 is 1.25 bits per heavy atom. The Balaban J connectivity index is 1.93. The van der Waals surface area contributed by atoms with Crippen molar-refractivity contribution in [2.45, 2.75) is 13.1 Å². The van der Waals surface area contributed by atoms with E-state index in [4.69, 9.17) is 5.11 Å². The van der Waals surface area contributed by atoms with Crippen molar-refractivity contribution in [3.8, 4) is 0 Å². The summed E-state index contributed by atoms with van der Waals surface area (Å²) in [5, 5.41) is 11.7. The first kappa shape index (κ1) is 14.3. The van der Waals surface area contributed by atoms with E-state index >= 15 is 0 Å². The molecule has 1 aromatic heterocycles. The van der Waals surface area contributed by atoms with Crippen LogP contribution in [0.25, 0.3) is 0 Å². The van der Waals surface area contributed by atoms with Gasteiger partial charge in [0.2, 0.25) is 5.91 Å². The molecule has 104 valence electrons. The number of nitrogens with one attached hydrogen (secondary N) is 1. The van der Waals surface area contributed by atoms with E-state index in [0.29, 0.717) is 11.1 Å². The number of aromatic nitrogens is 1. The molecular weight excluding hydrogens is 324 g/mol. The van der Waals surface area contributed by atoms with Crippen LogP contribution in [0.4, 0.5) is 0 Å². The number of carboxylic acid groups (broad SMARTS) is 1. The van der Waals surface area contributed by atoms with Crippen LogP contribution < -0.4 is 5.32 Å². The highest BCUT2D eigenvalue weighted by Gasteiger charge is 2.11. The van der Waals surface area contributed by atoms with Crippen molar-refractivity contribution < 1.29 is 14.7 Å². The van der Waals surface area contributed by atoms with Gasteiger partial charge in [0.25, 0.3) is 0 Å². The average molecular weight is 337 g/mol. The van der Waals surface area contributed by atoms with Gasteiger partial charge in [-0.25, -0.2) is 4.79 Å². The van der Waals surface area contributed by atoms with E-state index in [2.05, 4.69) is 21.2 Å². The normalized spacial score (nSPS) is 10.2. The summed E-state index contributed by atoms with van der Waals surface area (Å²) in [6.45, 7) is 0.519. The number of amides is 1. The summed E-state index contributed by atoms with van der Waals surface area (Å²) in [5.41, 5.74) is 1.16. The highest BCUT2D eigenvalue weighted by atomic mass is 79.9. The van der Waals surface area contributed by atoms with Gasteiger partial charge in [0.1, 0.15) is 6.54 Å². The molecule has 0 saturated heterocycles. The summed E-state index contributed by atoms with van der Waals surface area (Å²) in [6, 6.07) is 11.0. The summed E-state index contributed by atoms with van der Waals surface area (Å²) in [6.07, 6.45) is 1.43. The molecule has 0 fully saturated rings. The van der Waals surface area contributed by atoms with E-state index in [-0.39, 0.29) is 18.0 Å². The Kier molecular flexibility index (Phi) is 4.57. The number of nitrogens with zero attached hydrogens (tertiary/aromatic N) is 1. The molecule has 1 aromatic carbocycles. The molecule has 6 heteroatoms. The second kappa shape index (κ2) is 6.38. The lowest BCUT2D eigenvalue weighted by atomic mass is 10.2. The Hall–Kier alpha value is -2.08. The second-order valence-electron chi connectivity index (χ2n) is 4.25. The summed E-state index contributed by atoms with van der Waals surface area (Å²) in [7, 11) is 0. The number of carbonyl (C=O) groups is 2. The van der Waals surface area contributed by atoms with Crippen LogP contribution in [-0.4, -0.2) is 21.6 Å². The van der Waals surface area contributed by atoms with Gasteiger partial charge in [0.15, 0.2) is 0 Å². The minimum absolute atomic E-state index is 0.0701. The highest BCUT2D eigenvalue weighted by molar-refractivity contribution is 9.10. The number of hydrogen-bond acceptors (Lipinski definition) is 2. The first-order valence-corrected chi connectivity index (χ1v) is 6.75. The maximum Gasteiger partial charge on any atom is 0.337 e. The van der Waals surface area contributed by atoms with Crippen LogP contribution in [0.2, 0.25) is 0 Å². The van der Waals surface area contributed by atoms with Crippen molar-refractivity contribution in [1.82, 2.24) is 9.88 Å². The van der Waals surface area contributed by atoms with Gasteiger partial charge < -0.3 is 15.0 Å². The lowest BCUT2D eigenvalue weighted by molar-refractivity contribution is -0.121. The minimum atomic E-state index is -1.02. The number of aromatic carboxylic acids is 1. The molecule has 1 amide bonds. The van der Waals surface area contributed by atoms with E-state index in [1.54, 1.807) is 4.57 Å². The zero-order valence-electron chi connectivity index (χ0n) is 10.5. The lowest BCUT2D eigenvalue weighted by Crippen LogP contribution is -2.26. The zero-order valence-corrected chi connectivity index (χ0v) is 12.1. The molecule has 0 unspecified atom stereocenters. The van der Waals surface area contributed by atoms with Crippen molar-refractivity contribution in [3.05, 3.63) is 58.3 Å². The van der Waals surface area contributed by atoms with E-state index in [1.165, 1.54) is 12.3 Å². The van der Waals surface area contributed by atoms with E-state index < -0.39 is 5.97 Å². The molecule has 5 nitrogen and oxygen atoms in total. The average Bonchev–Trinajstić information content (AvgIpc) is 2.79. The predicted molar refractivity (Wildman–Crippen MR) is 77.4 cm³/mol. The summed E-state index contributed by atoms with van der Waals surface area (Å²) in [5.74, 6) is -1.20. The monoisotopic (exact) mass is 336 g/mol. The Morgan fingerprint density at radius 3 is 2.55 bits per heavy atom. The van der Waals surface area contributed by atoms with Crippen molar-refractivity contribution in [3.63, 3.8) is 0 Å². The van der Waals surface area contributed by atoms with E-state index in [0.717, 1.165) is 5.56 Å². The molecule has 0 bridgehead atoms. The topological polar surface area (TPSA) is 71.3 Å². The summed E-state index contributed by atoms with van der Waals surface area (Å²) >= 11 is 3.23. The van der Waals surface area contributed by atoms with Gasteiger partial charge in [-0.05, 0) is 27.6 Å². The number of hydrogen-bond donors (Lipinski definition) is 2. The fourth-order valence-corrected chi connectivity index (χ4v) is 2.20. The molecule has 0 aliphatic rings. The maximum absolute atomic E-state index is 11.8. The SMILES string of the molecule is O=C(Cn1cc(C(=O)O)cc1Br)NCc1ccccc1. The van der Waals surface area contributed by atoms with Gasteiger partial charge in [-0.15, -0.1) is 0 Å². The third-order valence-corrected chi connectivity index (χ3v) is 3.42. The van der Waals surface area contributed by atoms with E-state index in [1.807, 2.05) is 30.3 Å². The Morgan fingerprint density at radius 2 is 1.95 bits per heavy atom. The molecule has 1 heterocycles. The van der Waals surface area contributed by atoms with Crippen molar-refractivity contribution in [2.24, 2.45) is 0 Å². The number of rotatable bonds is 5. The number of carbonyl (C=O) groups excluding carboxylic acids is 1. The molecule has 2 rings (SSSR count). The van der Waals surface area contributed by atoms with Gasteiger partial charge >= 0.3 is 5.97 Å². The third kappa shape index (κ3) is 3.71. The molecule has 0 radical (unpaired) electrons. The van der Waals surface area contributed by atoms with Crippen LogP contribution >= 0.6 is 15.9 Å². The summed E-state index contributed by atoms with van der Waals surface area (Å²) in [4.78, 5) is 22.6. The zero-order chi connectivity index (χ0) is 14.5. The van der Waals surface area contributed by atoms with Gasteiger partial charge in [0, 0.05) is 12.7 Å². The molecule has 2 aromatic rings. The van der Waals surface area contributed by atoms with Gasteiger partial charge in [-0.1, -0.05) is 30.3 Å². The fraction of sp³-hybridized carbons (Fsp3) is 0.143. The number of benzene rings is 1. The van der Waals surface area contributed by atoms with Crippen LogP contribution in [-0.2, 0) is 17.9 Å². The Labute approximate surface area is 124 Å².